The number of benzene rings is 3. The van der Waals surface area contributed by atoms with Crippen molar-refractivity contribution in [2.75, 3.05) is 5.75 Å². The first-order chi connectivity index (χ1) is 16.3. The summed E-state index contributed by atoms with van der Waals surface area (Å²) in [6, 6.07) is 23.5. The molecule has 0 aromatic heterocycles. The molecule has 1 N–H and O–H groups in total. The number of ether oxygens (including phenoxy) is 1. The van der Waals surface area contributed by atoms with Gasteiger partial charge in [-0.3, -0.25) is 4.79 Å². The zero-order chi connectivity index (χ0) is 24.2. The monoisotopic (exact) mass is 497 g/mol. The van der Waals surface area contributed by atoms with Crippen molar-refractivity contribution in [1.29, 1.82) is 0 Å². The molecule has 1 aliphatic heterocycles. The predicted molar refractivity (Wildman–Crippen MR) is 135 cm³/mol. The number of rotatable bonds is 7. The lowest BCUT2D eigenvalue weighted by Crippen LogP contribution is -2.45. The van der Waals surface area contributed by atoms with Gasteiger partial charge in [-0.2, -0.15) is 0 Å². The topological polar surface area (TPSA) is 72.5 Å². The van der Waals surface area contributed by atoms with Crippen LogP contribution >= 0.6 is 11.6 Å². The van der Waals surface area contributed by atoms with Crippen molar-refractivity contribution in [3.63, 3.8) is 0 Å². The van der Waals surface area contributed by atoms with Crippen molar-refractivity contribution >= 4 is 27.3 Å². The second-order valence-corrected chi connectivity index (χ2v) is 11.6. The van der Waals surface area contributed by atoms with Gasteiger partial charge in [0.15, 0.2) is 9.84 Å². The number of carbonyl (C=O) groups is 1. The molecule has 34 heavy (non-hydrogen) atoms. The third kappa shape index (κ3) is 5.29. The highest BCUT2D eigenvalue weighted by Gasteiger charge is 2.48. The summed E-state index contributed by atoms with van der Waals surface area (Å²) in [6.07, 6.45) is 1.68. The zero-order valence-electron chi connectivity index (χ0n) is 19.0. The molecule has 3 aromatic rings. The van der Waals surface area contributed by atoms with E-state index in [0.29, 0.717) is 34.9 Å². The molecule has 0 bridgehead atoms. The number of hydrogen-bond donors (Lipinski definition) is 1. The summed E-state index contributed by atoms with van der Waals surface area (Å²) < 4.78 is 31.4. The van der Waals surface area contributed by atoms with E-state index in [1.54, 1.807) is 48.5 Å². The maximum atomic E-state index is 13.4. The van der Waals surface area contributed by atoms with Crippen LogP contribution in [-0.4, -0.2) is 20.1 Å². The van der Waals surface area contributed by atoms with Crippen molar-refractivity contribution in [3.8, 4) is 11.5 Å². The SMILES string of the molecule is C[C@@H](NC(=O)CC1(c2ccc(Oc3ccc(Cl)cc3)cc2)CCCCS1(=O)=O)c1ccccc1. The van der Waals surface area contributed by atoms with Gasteiger partial charge < -0.3 is 10.1 Å². The molecule has 5 nitrogen and oxygen atoms in total. The van der Waals surface area contributed by atoms with Gasteiger partial charge >= 0.3 is 0 Å². The fraction of sp³-hybridized carbons (Fsp3) is 0.296. The van der Waals surface area contributed by atoms with Crippen molar-refractivity contribution in [1.82, 2.24) is 5.32 Å². The Kier molecular flexibility index (Phi) is 7.29. The average molecular weight is 498 g/mol. The fourth-order valence-corrected chi connectivity index (χ4v) is 6.92. The van der Waals surface area contributed by atoms with E-state index in [0.717, 1.165) is 12.0 Å². The van der Waals surface area contributed by atoms with Gasteiger partial charge in [0.05, 0.1) is 18.2 Å². The molecule has 3 aromatic carbocycles. The lowest BCUT2D eigenvalue weighted by Gasteiger charge is -2.37. The van der Waals surface area contributed by atoms with Crippen LogP contribution in [-0.2, 0) is 19.4 Å². The number of carbonyl (C=O) groups excluding carboxylic acids is 1. The smallest absolute Gasteiger partial charge is 0.222 e. The van der Waals surface area contributed by atoms with E-state index in [2.05, 4.69) is 5.32 Å². The summed E-state index contributed by atoms with van der Waals surface area (Å²) >= 11 is 5.93. The fourth-order valence-electron chi connectivity index (χ4n) is 4.52. The summed E-state index contributed by atoms with van der Waals surface area (Å²) in [6.45, 7) is 1.90. The van der Waals surface area contributed by atoms with E-state index < -0.39 is 14.6 Å². The van der Waals surface area contributed by atoms with Crippen LogP contribution in [0.3, 0.4) is 0 Å². The Hall–Kier alpha value is -2.83. The molecular weight excluding hydrogens is 470 g/mol. The van der Waals surface area contributed by atoms with Gasteiger partial charge in [0, 0.05) is 5.02 Å². The van der Waals surface area contributed by atoms with E-state index in [4.69, 9.17) is 16.3 Å². The quantitative estimate of drug-likeness (QED) is 0.422. The molecular formula is C27H28ClNO4S. The first kappa shape index (κ1) is 24.3. The van der Waals surface area contributed by atoms with Gasteiger partial charge in [0.1, 0.15) is 16.2 Å². The van der Waals surface area contributed by atoms with Crippen LogP contribution in [0.4, 0.5) is 0 Å². The van der Waals surface area contributed by atoms with Gasteiger partial charge in [-0.25, -0.2) is 8.42 Å². The number of nitrogens with one attached hydrogen (secondary N) is 1. The van der Waals surface area contributed by atoms with Crippen LogP contribution in [0.15, 0.2) is 78.9 Å². The van der Waals surface area contributed by atoms with E-state index in [1.165, 1.54) is 0 Å². The second-order valence-electron chi connectivity index (χ2n) is 8.73. The normalized spacial score (nSPS) is 20.3. The highest BCUT2D eigenvalue weighted by atomic mass is 35.5. The van der Waals surface area contributed by atoms with Crippen molar-refractivity contribution < 1.29 is 17.9 Å². The van der Waals surface area contributed by atoms with Gasteiger partial charge in [0.25, 0.3) is 0 Å². The van der Waals surface area contributed by atoms with Gasteiger partial charge in [-0.05, 0) is 67.3 Å². The Morgan fingerprint density at radius 2 is 1.59 bits per heavy atom. The van der Waals surface area contributed by atoms with Crippen molar-refractivity contribution in [2.45, 2.75) is 43.4 Å². The largest absolute Gasteiger partial charge is 0.457 e. The number of amides is 1. The van der Waals surface area contributed by atoms with Crippen LogP contribution in [0.2, 0.25) is 5.02 Å². The predicted octanol–water partition coefficient (Wildman–Crippen LogP) is 6.19. The van der Waals surface area contributed by atoms with Crippen LogP contribution in [0, 0.1) is 0 Å². The molecule has 1 aliphatic rings. The molecule has 7 heteroatoms. The molecule has 2 atom stereocenters. The lowest BCUT2D eigenvalue weighted by molar-refractivity contribution is -0.122. The van der Waals surface area contributed by atoms with Crippen LogP contribution in [0.25, 0.3) is 0 Å². The molecule has 1 heterocycles. The Bertz CT molecular complexity index is 1230. The minimum absolute atomic E-state index is 0.0809. The van der Waals surface area contributed by atoms with Crippen LogP contribution in [0.5, 0.6) is 11.5 Å². The van der Waals surface area contributed by atoms with Crippen LogP contribution < -0.4 is 10.1 Å². The molecule has 1 unspecified atom stereocenters. The molecule has 1 fully saturated rings. The molecule has 1 amide bonds. The highest BCUT2D eigenvalue weighted by molar-refractivity contribution is 7.92. The standard InChI is InChI=1S/C27H28ClNO4S/c1-20(21-7-3-2-4-8-21)29-26(30)19-27(17-5-6-18-34(27,31)32)22-9-13-24(14-10-22)33-25-15-11-23(28)12-16-25/h2-4,7-16,20H,5-6,17-19H2,1H3,(H,29,30)/t20-,27?/m1/s1. The summed E-state index contributed by atoms with van der Waals surface area (Å²) in [7, 11) is -3.53. The lowest BCUT2D eigenvalue weighted by atomic mass is 9.88. The maximum Gasteiger partial charge on any atom is 0.222 e. The molecule has 4 rings (SSSR count). The highest BCUT2D eigenvalue weighted by Crippen LogP contribution is 2.44. The number of hydrogen-bond acceptors (Lipinski definition) is 4. The maximum absolute atomic E-state index is 13.4. The van der Waals surface area contributed by atoms with Gasteiger partial charge in [0.2, 0.25) is 5.91 Å². The Morgan fingerprint density at radius 3 is 2.21 bits per heavy atom. The zero-order valence-corrected chi connectivity index (χ0v) is 20.6. The molecule has 0 saturated carbocycles. The molecule has 0 spiro atoms. The molecule has 1 saturated heterocycles. The number of halogens is 1. The summed E-state index contributed by atoms with van der Waals surface area (Å²) in [5, 5.41) is 3.60. The summed E-state index contributed by atoms with van der Waals surface area (Å²) in [4.78, 5) is 13.1. The van der Waals surface area contributed by atoms with E-state index in [1.807, 2.05) is 37.3 Å². The number of sulfone groups is 1. The first-order valence-corrected chi connectivity index (χ1v) is 13.4. The van der Waals surface area contributed by atoms with E-state index >= 15 is 0 Å². The molecule has 178 valence electrons. The van der Waals surface area contributed by atoms with Crippen LogP contribution in [0.1, 0.15) is 49.8 Å². The summed E-state index contributed by atoms with van der Waals surface area (Å²) in [5.41, 5.74) is 1.60. The minimum Gasteiger partial charge on any atom is -0.457 e. The third-order valence-corrected chi connectivity index (χ3v) is 9.24. The van der Waals surface area contributed by atoms with Gasteiger partial charge in [-0.1, -0.05) is 60.5 Å². The first-order valence-electron chi connectivity index (χ1n) is 11.4. The average Bonchev–Trinajstić information content (AvgIpc) is 2.83. The second kappa shape index (κ2) is 10.2. The van der Waals surface area contributed by atoms with Gasteiger partial charge in [-0.15, -0.1) is 0 Å². The van der Waals surface area contributed by atoms with E-state index in [-0.39, 0.29) is 24.1 Å². The van der Waals surface area contributed by atoms with Crippen molar-refractivity contribution in [3.05, 3.63) is 95.0 Å². The van der Waals surface area contributed by atoms with E-state index in [9.17, 15) is 13.2 Å². The third-order valence-electron chi connectivity index (χ3n) is 6.39. The minimum atomic E-state index is -3.53. The summed E-state index contributed by atoms with van der Waals surface area (Å²) in [5.74, 6) is 1.02. The van der Waals surface area contributed by atoms with Crippen molar-refractivity contribution in [2.24, 2.45) is 0 Å². The Labute approximate surface area is 206 Å². The molecule has 0 radical (unpaired) electrons. The Balaban J connectivity index is 1.57. The Morgan fingerprint density at radius 1 is 0.971 bits per heavy atom. The molecule has 0 aliphatic carbocycles.